The van der Waals surface area contributed by atoms with Gasteiger partial charge in [0, 0.05) is 33.1 Å². The van der Waals surface area contributed by atoms with Crippen molar-refractivity contribution >= 4 is 56.5 Å². The molecule has 0 unspecified atom stereocenters. The summed E-state index contributed by atoms with van der Waals surface area (Å²) in [6.45, 7) is 8.99. The van der Waals surface area contributed by atoms with Crippen LogP contribution in [0.5, 0.6) is 0 Å². The first-order chi connectivity index (χ1) is 21.3. The second-order valence-corrected chi connectivity index (χ2v) is 13.1. The molecule has 0 fully saturated rings. The largest absolute Gasteiger partial charge is 2.00 e. The van der Waals surface area contributed by atoms with E-state index < -0.39 is 10.8 Å². The van der Waals surface area contributed by atoms with Crippen LogP contribution in [0.1, 0.15) is 72.7 Å². The first kappa shape index (κ1) is 28.0. The maximum atomic E-state index is 5.39. The van der Waals surface area contributed by atoms with E-state index in [1.54, 1.807) is 0 Å². The molecule has 0 spiro atoms. The van der Waals surface area contributed by atoms with Crippen molar-refractivity contribution in [2.45, 2.75) is 38.5 Å². The van der Waals surface area contributed by atoms with E-state index in [9.17, 15) is 0 Å². The van der Waals surface area contributed by atoms with Crippen molar-refractivity contribution in [3.8, 4) is 0 Å². The minimum Gasteiger partial charge on any atom is -0.659 e. The van der Waals surface area contributed by atoms with Crippen LogP contribution in [-0.4, -0.2) is 11.4 Å². The number of fused-ring (bicyclic) bond motifs is 18. The molecule has 8 bridgehead atoms. The van der Waals surface area contributed by atoms with Gasteiger partial charge in [0.05, 0.1) is 22.8 Å². The molecule has 45 heavy (non-hydrogen) atoms. The summed E-state index contributed by atoms with van der Waals surface area (Å²) < 4.78 is 0. The van der Waals surface area contributed by atoms with Gasteiger partial charge in [-0.2, -0.15) is 0 Å². The van der Waals surface area contributed by atoms with Crippen molar-refractivity contribution in [1.29, 1.82) is 0 Å². The molecule has 220 valence electrons. The Hall–Kier alpha value is -4.53. The molecule has 0 aliphatic carbocycles. The third kappa shape index (κ3) is 3.88. The molecule has 0 saturated carbocycles. The summed E-state index contributed by atoms with van der Waals surface area (Å²) in [7, 11) is 0. The fourth-order valence-electron chi connectivity index (χ4n) is 7.44. The molecule has 2 aromatic heterocycles. The van der Waals surface area contributed by atoms with Gasteiger partial charge in [0.2, 0.25) is 0 Å². The Morgan fingerprint density at radius 1 is 0.444 bits per heavy atom. The van der Waals surface area contributed by atoms with Gasteiger partial charge in [0.1, 0.15) is 0 Å². The van der Waals surface area contributed by atoms with E-state index in [4.69, 9.17) is 20.0 Å². The van der Waals surface area contributed by atoms with Crippen LogP contribution < -0.4 is 9.97 Å². The number of benzene rings is 4. The Balaban J connectivity index is 0.00000300. The average Bonchev–Trinajstić information content (AvgIpc) is 3.80. The normalized spacial score (nSPS) is 19.5. The van der Waals surface area contributed by atoms with Crippen molar-refractivity contribution in [3.63, 3.8) is 0 Å². The van der Waals surface area contributed by atoms with Gasteiger partial charge in [-0.05, 0) is 33.7 Å². The van der Waals surface area contributed by atoms with Crippen LogP contribution in [0.2, 0.25) is 0 Å². The van der Waals surface area contributed by atoms with Gasteiger partial charge >= 0.3 is 21.1 Å². The zero-order chi connectivity index (χ0) is 29.8. The molecule has 0 amide bonds. The Morgan fingerprint density at radius 3 is 1.18 bits per heavy atom. The summed E-state index contributed by atoms with van der Waals surface area (Å²) in [5, 5.41) is 4.55. The second-order valence-electron chi connectivity index (χ2n) is 13.1. The Bertz CT molecular complexity index is 2170. The molecule has 0 saturated heterocycles. The van der Waals surface area contributed by atoms with Crippen LogP contribution in [0.4, 0.5) is 0 Å². The van der Waals surface area contributed by atoms with Crippen LogP contribution in [0.3, 0.4) is 0 Å². The number of hydrogen-bond donors (Lipinski definition) is 0. The van der Waals surface area contributed by atoms with Gasteiger partial charge in [0.15, 0.2) is 0 Å². The van der Waals surface area contributed by atoms with Crippen LogP contribution in [0, 0.1) is 0 Å². The van der Waals surface area contributed by atoms with Gasteiger partial charge in [-0.1, -0.05) is 125 Å². The van der Waals surface area contributed by atoms with Crippen molar-refractivity contribution < 1.29 is 21.1 Å². The van der Waals surface area contributed by atoms with Crippen molar-refractivity contribution in [3.05, 3.63) is 142 Å². The SMILES string of the molecule is CC1(C)C2=N/C(=C\c3[n-]c(c4ccccc34)C(C)(C)C3=N/C(=C\c4[n-]c1c1ccccc41)c1ccccc13)c1ccccc12.[Pt+2]. The molecule has 0 radical (unpaired) electrons. The Morgan fingerprint density at radius 2 is 0.778 bits per heavy atom. The molecular weight excluding hydrogens is 732 g/mol. The number of aromatic nitrogens is 2. The fourth-order valence-corrected chi connectivity index (χ4v) is 7.44. The molecule has 0 atom stereocenters. The number of aliphatic imine (C=N–C) groups is 2. The number of rotatable bonds is 0. The van der Waals surface area contributed by atoms with Crippen molar-refractivity contribution in [1.82, 2.24) is 9.97 Å². The van der Waals surface area contributed by atoms with E-state index in [1.807, 2.05) is 0 Å². The topological polar surface area (TPSA) is 52.9 Å². The molecule has 4 aromatic carbocycles. The van der Waals surface area contributed by atoms with E-state index in [0.29, 0.717) is 0 Å². The summed E-state index contributed by atoms with van der Waals surface area (Å²) in [4.78, 5) is 21.5. The molecule has 6 aromatic rings. The number of nitrogens with zero attached hydrogens (tertiary/aromatic N) is 4. The molecule has 3 aliphatic heterocycles. The summed E-state index contributed by atoms with van der Waals surface area (Å²) >= 11 is 0. The zero-order valence-electron chi connectivity index (χ0n) is 25.5. The predicted octanol–water partition coefficient (Wildman–Crippen LogP) is 8.78. The second kappa shape index (κ2) is 9.73. The summed E-state index contributed by atoms with van der Waals surface area (Å²) in [5.74, 6) is 0. The zero-order valence-corrected chi connectivity index (χ0v) is 27.8. The van der Waals surface area contributed by atoms with Crippen LogP contribution in [0.15, 0.2) is 107 Å². The Kier molecular flexibility index (Phi) is 6.05. The van der Waals surface area contributed by atoms with Crippen molar-refractivity contribution in [2.24, 2.45) is 9.98 Å². The monoisotopic (exact) mass is 761 g/mol. The first-order valence-electron chi connectivity index (χ1n) is 15.3. The molecule has 9 rings (SSSR count). The van der Waals surface area contributed by atoms with Gasteiger partial charge < -0.3 is 9.97 Å². The Labute approximate surface area is 277 Å². The standard InChI is InChI=1S/C40H30N4.Pt/c1-39(2)35-27-17-9-5-13-23(27)31(41-35)21-33-25-15-7-11-19-29(25)37(43-33)40(3,4)38-30-20-12-8-16-26(30)34(44-38)22-32-24-14-6-10-18-28(24)36(39)42-32;/h5-22H,1-4H3;/q-2;+2/b31-21-,34-22-;. The van der Waals surface area contributed by atoms with Crippen molar-refractivity contribution in [2.75, 3.05) is 0 Å². The molecule has 4 nitrogen and oxygen atoms in total. The van der Waals surface area contributed by atoms with E-state index in [-0.39, 0.29) is 21.1 Å². The average molecular weight is 762 g/mol. The predicted molar refractivity (Wildman–Crippen MR) is 182 cm³/mol. The molecular formula is C40H30N4Pt. The molecule has 0 N–H and O–H groups in total. The number of hydrogen-bond acceptors (Lipinski definition) is 2. The summed E-state index contributed by atoms with van der Waals surface area (Å²) in [6.07, 6.45) is 4.35. The fraction of sp³-hybridized carbons (Fsp3) is 0.150. The summed E-state index contributed by atoms with van der Waals surface area (Å²) in [6, 6.07) is 34.3. The van der Waals surface area contributed by atoms with Gasteiger partial charge in [0.25, 0.3) is 0 Å². The van der Waals surface area contributed by atoms with E-state index in [1.165, 1.54) is 0 Å². The third-order valence-corrected chi connectivity index (χ3v) is 9.68. The third-order valence-electron chi connectivity index (χ3n) is 9.68. The molecule has 3 aliphatic rings. The van der Waals surface area contributed by atoms with Gasteiger partial charge in [-0.3, -0.25) is 9.98 Å². The summed E-state index contributed by atoms with van der Waals surface area (Å²) in [5.41, 5.74) is 11.5. The van der Waals surface area contributed by atoms with Gasteiger partial charge in [-0.25, -0.2) is 0 Å². The van der Waals surface area contributed by atoms with E-state index in [0.717, 1.165) is 89.4 Å². The first-order valence-corrected chi connectivity index (χ1v) is 15.3. The van der Waals surface area contributed by atoms with Crippen LogP contribution in [0.25, 0.3) is 45.1 Å². The van der Waals surface area contributed by atoms with E-state index >= 15 is 0 Å². The quantitative estimate of drug-likeness (QED) is 0.156. The maximum Gasteiger partial charge on any atom is 2.00 e. The minimum atomic E-state index is -0.462. The minimum absolute atomic E-state index is 0. The van der Waals surface area contributed by atoms with E-state index in [2.05, 4.69) is 137 Å². The van der Waals surface area contributed by atoms with Crippen LogP contribution in [-0.2, 0) is 31.9 Å². The molecule has 5 heterocycles. The molecule has 5 heteroatoms. The smallest absolute Gasteiger partial charge is 0.659 e. The van der Waals surface area contributed by atoms with Crippen LogP contribution >= 0.6 is 0 Å². The maximum absolute atomic E-state index is 5.39. The van der Waals surface area contributed by atoms with Gasteiger partial charge in [-0.15, -0.1) is 22.8 Å².